The van der Waals surface area contributed by atoms with E-state index in [2.05, 4.69) is 22.2 Å². The molecule has 27 heavy (non-hydrogen) atoms. The lowest BCUT2D eigenvalue weighted by atomic mass is 10.2. The molecule has 0 aliphatic heterocycles. The van der Waals surface area contributed by atoms with Crippen LogP contribution in [-0.4, -0.2) is 11.3 Å². The zero-order valence-corrected chi connectivity index (χ0v) is 13.8. The predicted molar refractivity (Wildman–Crippen MR) is 89.7 cm³/mol. The van der Waals surface area contributed by atoms with Gasteiger partial charge < -0.3 is 10.4 Å². The SMILES string of the molecule is C=C(c1ccccc1)[n+]1cc(/N=C(\[O-])Nc2cccc(C(F)(F)F)c2)on1. The molecule has 0 saturated heterocycles. The first-order valence-corrected chi connectivity index (χ1v) is 7.66. The number of alkyl halides is 3. The summed E-state index contributed by atoms with van der Waals surface area (Å²) >= 11 is 0. The summed E-state index contributed by atoms with van der Waals surface area (Å²) in [5.74, 6) is -0.128. The van der Waals surface area contributed by atoms with Crippen molar-refractivity contribution in [1.29, 1.82) is 0 Å². The fraction of sp³-hybridized carbons (Fsp3) is 0.0556. The Hall–Kier alpha value is -3.62. The van der Waals surface area contributed by atoms with Crippen molar-refractivity contribution in [3.63, 3.8) is 0 Å². The molecule has 3 rings (SSSR count). The van der Waals surface area contributed by atoms with E-state index in [0.29, 0.717) is 5.70 Å². The molecule has 1 N–H and O–H groups in total. The lowest BCUT2D eigenvalue weighted by Crippen LogP contribution is -2.33. The molecule has 138 valence electrons. The third-order valence-electron chi connectivity index (χ3n) is 3.49. The largest absolute Gasteiger partial charge is 0.846 e. The van der Waals surface area contributed by atoms with Gasteiger partial charge in [0.15, 0.2) is 0 Å². The number of rotatable bonds is 4. The minimum Gasteiger partial charge on any atom is -0.846 e. The Bertz CT molecular complexity index is 982. The van der Waals surface area contributed by atoms with Crippen molar-refractivity contribution < 1.29 is 27.5 Å². The van der Waals surface area contributed by atoms with Gasteiger partial charge in [-0.1, -0.05) is 24.3 Å². The van der Waals surface area contributed by atoms with Gasteiger partial charge in [-0.3, -0.25) is 4.52 Å². The molecule has 0 aliphatic carbocycles. The van der Waals surface area contributed by atoms with Crippen molar-refractivity contribution in [3.8, 4) is 0 Å². The first-order chi connectivity index (χ1) is 12.8. The molecule has 0 spiro atoms. The number of aliphatic imine (C=N–C) groups is 1. The van der Waals surface area contributed by atoms with Crippen LogP contribution in [0.1, 0.15) is 11.1 Å². The quantitative estimate of drug-likeness (QED) is 0.433. The van der Waals surface area contributed by atoms with Gasteiger partial charge in [0.05, 0.1) is 11.6 Å². The number of anilines is 1. The van der Waals surface area contributed by atoms with Gasteiger partial charge in [0.1, 0.15) is 0 Å². The average Bonchev–Trinajstić information content (AvgIpc) is 3.09. The summed E-state index contributed by atoms with van der Waals surface area (Å²) in [6.07, 6.45) is -3.17. The molecule has 0 saturated carbocycles. The van der Waals surface area contributed by atoms with E-state index in [1.54, 1.807) is 0 Å². The molecule has 1 heterocycles. The van der Waals surface area contributed by atoms with E-state index in [9.17, 15) is 18.3 Å². The number of benzene rings is 2. The van der Waals surface area contributed by atoms with Crippen molar-refractivity contribution >= 4 is 23.3 Å². The van der Waals surface area contributed by atoms with E-state index in [-0.39, 0.29) is 11.6 Å². The van der Waals surface area contributed by atoms with Gasteiger partial charge in [0.25, 0.3) is 6.20 Å². The molecule has 0 fully saturated rings. The normalized spacial score (nSPS) is 12.0. The van der Waals surface area contributed by atoms with Crippen LogP contribution in [0, 0.1) is 0 Å². The van der Waals surface area contributed by atoms with Crippen LogP contribution < -0.4 is 15.1 Å². The van der Waals surface area contributed by atoms with Crippen molar-refractivity contribution in [2.24, 2.45) is 4.99 Å². The lowest BCUT2D eigenvalue weighted by Gasteiger charge is -2.14. The summed E-state index contributed by atoms with van der Waals surface area (Å²) in [5, 5.41) is 17.9. The number of nitrogens with one attached hydrogen (secondary N) is 1. The predicted octanol–water partition coefficient (Wildman–Crippen LogP) is 2.96. The molecule has 0 bridgehead atoms. The molecule has 9 heteroatoms. The molecule has 3 aromatic rings. The van der Waals surface area contributed by atoms with Gasteiger partial charge in [-0.2, -0.15) is 13.2 Å². The summed E-state index contributed by atoms with van der Waals surface area (Å²) in [4.78, 5) is 3.62. The molecule has 1 aromatic heterocycles. The second-order valence-corrected chi connectivity index (χ2v) is 5.42. The Morgan fingerprint density at radius 1 is 1.15 bits per heavy atom. The Kier molecular flexibility index (Phi) is 4.93. The van der Waals surface area contributed by atoms with Crippen LogP contribution in [0.5, 0.6) is 0 Å². The zero-order chi connectivity index (χ0) is 19.4. The average molecular weight is 374 g/mol. The Morgan fingerprint density at radius 3 is 2.59 bits per heavy atom. The maximum absolute atomic E-state index is 12.7. The van der Waals surface area contributed by atoms with Gasteiger partial charge in [0.2, 0.25) is 11.0 Å². The number of aromatic nitrogens is 2. The minimum absolute atomic E-state index is 0.0420. The summed E-state index contributed by atoms with van der Waals surface area (Å²) in [5.41, 5.74) is 0.367. The molecular formula is C18H13F3N4O2. The third kappa shape index (κ3) is 4.51. The second-order valence-electron chi connectivity index (χ2n) is 5.42. The van der Waals surface area contributed by atoms with E-state index in [0.717, 1.165) is 17.7 Å². The van der Waals surface area contributed by atoms with Crippen LogP contribution >= 0.6 is 0 Å². The Balaban J connectivity index is 1.74. The van der Waals surface area contributed by atoms with E-state index in [1.165, 1.54) is 23.0 Å². The highest BCUT2D eigenvalue weighted by molar-refractivity contribution is 5.87. The molecule has 0 unspecified atom stereocenters. The van der Waals surface area contributed by atoms with Crippen molar-refractivity contribution in [2.75, 3.05) is 5.32 Å². The monoisotopic (exact) mass is 374 g/mol. The smallest absolute Gasteiger partial charge is 0.416 e. The van der Waals surface area contributed by atoms with Crippen LogP contribution in [0.3, 0.4) is 0 Å². The molecule has 0 atom stereocenters. The highest BCUT2D eigenvalue weighted by Gasteiger charge is 2.30. The van der Waals surface area contributed by atoms with Crippen LogP contribution in [0.2, 0.25) is 0 Å². The molecular weight excluding hydrogens is 361 g/mol. The summed E-state index contributed by atoms with van der Waals surface area (Å²) in [7, 11) is 0. The summed E-state index contributed by atoms with van der Waals surface area (Å²) < 4.78 is 44.3. The van der Waals surface area contributed by atoms with Crippen molar-refractivity contribution in [1.82, 2.24) is 5.27 Å². The Morgan fingerprint density at radius 2 is 1.89 bits per heavy atom. The van der Waals surface area contributed by atoms with Crippen LogP contribution in [-0.2, 0) is 6.18 Å². The first-order valence-electron chi connectivity index (χ1n) is 7.66. The lowest BCUT2D eigenvalue weighted by molar-refractivity contribution is -0.654. The number of nitrogens with zero attached hydrogens (tertiary/aromatic N) is 3. The van der Waals surface area contributed by atoms with E-state index < -0.39 is 17.8 Å². The fourth-order valence-electron chi connectivity index (χ4n) is 2.20. The van der Waals surface area contributed by atoms with E-state index in [4.69, 9.17) is 4.52 Å². The van der Waals surface area contributed by atoms with Crippen LogP contribution in [0.15, 0.2) is 76.9 Å². The van der Waals surface area contributed by atoms with E-state index >= 15 is 0 Å². The summed E-state index contributed by atoms with van der Waals surface area (Å²) in [6.45, 7) is 3.88. The Labute approximate surface area is 151 Å². The van der Waals surface area contributed by atoms with Crippen LogP contribution in [0.4, 0.5) is 24.7 Å². The van der Waals surface area contributed by atoms with Crippen molar-refractivity contribution in [2.45, 2.75) is 6.18 Å². The maximum Gasteiger partial charge on any atom is 0.416 e. The second kappa shape index (κ2) is 7.32. The number of amidine groups is 1. The van der Waals surface area contributed by atoms with Gasteiger partial charge in [-0.05, 0) is 41.6 Å². The highest BCUT2D eigenvalue weighted by Crippen LogP contribution is 2.30. The topological polar surface area (TPSA) is 77.4 Å². The van der Waals surface area contributed by atoms with Gasteiger partial charge in [0, 0.05) is 11.3 Å². The molecule has 6 nitrogen and oxygen atoms in total. The highest BCUT2D eigenvalue weighted by atomic mass is 19.4. The molecule has 0 aliphatic rings. The van der Waals surface area contributed by atoms with Gasteiger partial charge in [-0.15, -0.1) is 0 Å². The number of hydrogen-bond acceptors (Lipinski definition) is 4. The standard InChI is InChI=1S/C18H13F3N4O2/c1-12(13-6-3-2-4-7-13)25-11-16(27-24-25)23-17(26)22-15-9-5-8-14(10-15)18(19,20)21/h2-11H,1H2,(H-,22,23,24,26). The molecule has 0 amide bonds. The maximum atomic E-state index is 12.7. The fourth-order valence-corrected chi connectivity index (χ4v) is 2.20. The van der Waals surface area contributed by atoms with Crippen molar-refractivity contribution in [3.05, 3.63) is 78.5 Å². The van der Waals surface area contributed by atoms with Gasteiger partial charge >= 0.3 is 12.1 Å². The summed E-state index contributed by atoms with van der Waals surface area (Å²) in [6, 6.07) is 12.5. The molecule has 2 aromatic carbocycles. The minimum atomic E-state index is -4.51. The first kappa shape index (κ1) is 18.2. The van der Waals surface area contributed by atoms with Gasteiger partial charge in [-0.25, -0.2) is 4.99 Å². The number of halogens is 3. The van der Waals surface area contributed by atoms with Crippen LogP contribution in [0.25, 0.3) is 5.70 Å². The molecule has 0 radical (unpaired) electrons. The zero-order valence-electron chi connectivity index (χ0n) is 13.8. The van der Waals surface area contributed by atoms with E-state index in [1.807, 2.05) is 30.3 Å². The third-order valence-corrected chi connectivity index (χ3v) is 3.49. The number of hydrogen-bond donors (Lipinski definition) is 1.